The highest BCUT2D eigenvalue weighted by atomic mass is 32.2. The van der Waals surface area contributed by atoms with Crippen molar-refractivity contribution in [1.82, 2.24) is 15.5 Å². The Morgan fingerprint density at radius 3 is 2.56 bits per heavy atom. The van der Waals surface area contributed by atoms with Gasteiger partial charge in [0.15, 0.2) is 0 Å². The predicted octanol–water partition coefficient (Wildman–Crippen LogP) is 0.365. The standard InChI is InChI=1S/C19H31N3O4S/c1-6-11(8-23)22-15(17(25)21-9(2)3)19-10(4)7-12(27-19)13(16(24)20-5)14(19)18(22)26/h9-15,23H,6-8H2,1-5H3,(H,20,24)(H,21,25)/t10?,11-,12+,13-,14-,15?,19?/m0/s1. The summed E-state index contributed by atoms with van der Waals surface area (Å²) < 4.78 is -0.611. The number of aliphatic hydroxyl groups excluding tert-OH is 1. The first-order valence-corrected chi connectivity index (χ1v) is 10.7. The van der Waals surface area contributed by atoms with Crippen molar-refractivity contribution in [2.45, 2.75) is 68.7 Å². The van der Waals surface area contributed by atoms with Crippen LogP contribution in [0.25, 0.3) is 0 Å². The lowest BCUT2D eigenvalue weighted by atomic mass is 9.66. The Kier molecular flexibility index (Phi) is 5.51. The Hall–Kier alpha value is -1.28. The molecule has 0 saturated carbocycles. The van der Waals surface area contributed by atoms with Crippen LogP contribution in [-0.2, 0) is 14.4 Å². The van der Waals surface area contributed by atoms with Gasteiger partial charge in [-0.1, -0.05) is 13.8 Å². The first kappa shape index (κ1) is 20.5. The molecule has 3 N–H and O–H groups in total. The number of hydrogen-bond acceptors (Lipinski definition) is 5. The summed E-state index contributed by atoms with van der Waals surface area (Å²) in [6.45, 7) is 7.60. The molecular formula is C19H31N3O4S. The van der Waals surface area contributed by atoms with Crippen molar-refractivity contribution in [3.63, 3.8) is 0 Å². The minimum atomic E-state index is -0.658. The molecule has 3 amide bonds. The Morgan fingerprint density at radius 2 is 2.04 bits per heavy atom. The van der Waals surface area contributed by atoms with Crippen LogP contribution in [0.3, 0.4) is 0 Å². The third kappa shape index (κ3) is 2.78. The van der Waals surface area contributed by atoms with Crippen LogP contribution in [0.2, 0.25) is 0 Å². The normalized spacial score (nSPS) is 38.3. The van der Waals surface area contributed by atoms with E-state index >= 15 is 0 Å². The zero-order valence-corrected chi connectivity index (χ0v) is 17.5. The largest absolute Gasteiger partial charge is 0.394 e. The lowest BCUT2D eigenvalue weighted by Crippen LogP contribution is -2.59. The molecular weight excluding hydrogens is 366 g/mol. The van der Waals surface area contributed by atoms with Gasteiger partial charge in [0.2, 0.25) is 17.7 Å². The number of amides is 3. The topological polar surface area (TPSA) is 98.7 Å². The summed E-state index contributed by atoms with van der Waals surface area (Å²) in [5, 5.41) is 15.6. The van der Waals surface area contributed by atoms with Crippen LogP contribution >= 0.6 is 11.8 Å². The first-order chi connectivity index (χ1) is 12.7. The Balaban J connectivity index is 2.11. The molecule has 3 fully saturated rings. The number of nitrogens with one attached hydrogen (secondary N) is 2. The monoisotopic (exact) mass is 397 g/mol. The molecule has 8 heteroatoms. The number of hydrogen-bond donors (Lipinski definition) is 3. The van der Waals surface area contributed by atoms with Gasteiger partial charge in [0, 0.05) is 18.3 Å². The van der Waals surface area contributed by atoms with E-state index in [9.17, 15) is 19.5 Å². The van der Waals surface area contributed by atoms with Crippen LogP contribution in [0.4, 0.5) is 0 Å². The zero-order chi connectivity index (χ0) is 20.1. The number of fused-ring (bicyclic) bond motifs is 1. The van der Waals surface area contributed by atoms with Crippen LogP contribution in [0, 0.1) is 17.8 Å². The molecule has 3 unspecified atom stereocenters. The molecule has 2 bridgehead atoms. The fourth-order valence-electron chi connectivity index (χ4n) is 5.40. The number of thioether (sulfide) groups is 1. The van der Waals surface area contributed by atoms with Gasteiger partial charge in [-0.05, 0) is 32.6 Å². The quantitative estimate of drug-likeness (QED) is 0.601. The zero-order valence-electron chi connectivity index (χ0n) is 16.7. The van der Waals surface area contributed by atoms with E-state index in [1.54, 1.807) is 23.7 Å². The molecule has 27 heavy (non-hydrogen) atoms. The molecule has 3 rings (SSSR count). The second-order valence-electron chi connectivity index (χ2n) is 8.32. The van der Waals surface area contributed by atoms with Gasteiger partial charge in [0.25, 0.3) is 0 Å². The molecule has 7 atom stereocenters. The molecule has 7 nitrogen and oxygen atoms in total. The summed E-state index contributed by atoms with van der Waals surface area (Å²) in [5.41, 5.74) is 0. The van der Waals surface area contributed by atoms with Crippen LogP contribution in [0.15, 0.2) is 0 Å². The third-order valence-electron chi connectivity index (χ3n) is 6.49. The van der Waals surface area contributed by atoms with Gasteiger partial charge in [-0.2, -0.15) is 0 Å². The van der Waals surface area contributed by atoms with Crippen LogP contribution in [0.5, 0.6) is 0 Å². The summed E-state index contributed by atoms with van der Waals surface area (Å²) in [6, 6.07) is -1.13. The predicted molar refractivity (Wildman–Crippen MR) is 104 cm³/mol. The summed E-state index contributed by atoms with van der Waals surface area (Å²) in [6.07, 6.45) is 1.38. The molecule has 0 aromatic rings. The Morgan fingerprint density at radius 1 is 1.37 bits per heavy atom. The van der Waals surface area contributed by atoms with E-state index in [4.69, 9.17) is 0 Å². The molecule has 152 valence electrons. The van der Waals surface area contributed by atoms with Gasteiger partial charge in [-0.25, -0.2) is 0 Å². The molecule has 0 aromatic heterocycles. The fraction of sp³-hybridized carbons (Fsp3) is 0.842. The first-order valence-electron chi connectivity index (χ1n) is 9.87. The van der Waals surface area contributed by atoms with Gasteiger partial charge >= 0.3 is 0 Å². The van der Waals surface area contributed by atoms with Crippen LogP contribution < -0.4 is 10.6 Å². The maximum absolute atomic E-state index is 13.5. The lowest BCUT2D eigenvalue weighted by molar-refractivity contribution is -0.142. The van der Waals surface area contributed by atoms with Crippen molar-refractivity contribution in [2.75, 3.05) is 13.7 Å². The van der Waals surface area contributed by atoms with Gasteiger partial charge in [-0.15, -0.1) is 11.8 Å². The number of nitrogens with zero attached hydrogens (tertiary/aromatic N) is 1. The summed E-state index contributed by atoms with van der Waals surface area (Å²) in [4.78, 5) is 41.0. The van der Waals surface area contributed by atoms with Crippen LogP contribution in [0.1, 0.15) is 40.5 Å². The molecule has 3 saturated heterocycles. The van der Waals surface area contributed by atoms with E-state index in [-0.39, 0.29) is 41.5 Å². The molecule has 0 aliphatic carbocycles. The minimum Gasteiger partial charge on any atom is -0.394 e. The summed E-state index contributed by atoms with van der Waals surface area (Å²) >= 11 is 1.65. The molecule has 3 heterocycles. The van der Waals surface area contributed by atoms with E-state index in [1.165, 1.54) is 0 Å². The number of carbonyl (C=O) groups excluding carboxylic acids is 3. The highest BCUT2D eigenvalue weighted by Crippen LogP contribution is 2.68. The van der Waals surface area contributed by atoms with Gasteiger partial charge in [0.05, 0.1) is 29.2 Å². The van der Waals surface area contributed by atoms with Crippen molar-refractivity contribution in [1.29, 1.82) is 0 Å². The number of rotatable bonds is 6. The maximum Gasteiger partial charge on any atom is 0.244 e. The Labute approximate surface area is 165 Å². The molecule has 0 aromatic carbocycles. The highest BCUT2D eigenvalue weighted by Gasteiger charge is 2.76. The van der Waals surface area contributed by atoms with E-state index in [0.717, 1.165) is 6.42 Å². The SMILES string of the molecule is CC[C@@H](CO)N1C(=O)[C@@H]2[C@@H](C(=O)NC)[C@H]3CC(C)C2(S3)C1C(=O)NC(C)C. The Bertz CT molecular complexity index is 638. The average molecular weight is 398 g/mol. The average Bonchev–Trinajstić information content (AvgIpc) is 3.19. The van der Waals surface area contributed by atoms with Gasteiger partial charge in [0.1, 0.15) is 6.04 Å². The fourth-order valence-corrected chi connectivity index (χ4v) is 7.80. The summed E-state index contributed by atoms with van der Waals surface area (Å²) in [5.74, 6) is -1.24. The van der Waals surface area contributed by atoms with Crippen molar-refractivity contribution >= 4 is 29.5 Å². The second kappa shape index (κ2) is 7.28. The molecule has 1 spiro atoms. The minimum absolute atomic E-state index is 0.0484. The third-order valence-corrected chi connectivity index (χ3v) is 8.56. The van der Waals surface area contributed by atoms with Crippen molar-refractivity contribution in [3.8, 4) is 0 Å². The second-order valence-corrected chi connectivity index (χ2v) is 9.87. The highest BCUT2D eigenvalue weighted by molar-refractivity contribution is 8.02. The van der Waals surface area contributed by atoms with E-state index < -0.39 is 28.7 Å². The molecule has 0 radical (unpaired) electrons. The van der Waals surface area contributed by atoms with Crippen LogP contribution in [-0.4, -0.2) is 69.5 Å². The van der Waals surface area contributed by atoms with E-state index in [0.29, 0.717) is 6.42 Å². The van der Waals surface area contributed by atoms with E-state index in [2.05, 4.69) is 17.6 Å². The number of likely N-dealkylation sites (tertiary alicyclic amines) is 1. The molecule has 3 aliphatic heterocycles. The van der Waals surface area contributed by atoms with Crippen molar-refractivity contribution < 1.29 is 19.5 Å². The van der Waals surface area contributed by atoms with E-state index in [1.807, 2.05) is 20.8 Å². The summed E-state index contributed by atoms with van der Waals surface area (Å²) in [7, 11) is 1.60. The maximum atomic E-state index is 13.5. The molecule has 3 aliphatic rings. The number of aliphatic hydroxyl groups is 1. The van der Waals surface area contributed by atoms with Gasteiger partial charge < -0.3 is 20.6 Å². The smallest absolute Gasteiger partial charge is 0.244 e. The van der Waals surface area contributed by atoms with Crippen molar-refractivity contribution in [3.05, 3.63) is 0 Å². The van der Waals surface area contributed by atoms with Gasteiger partial charge in [-0.3, -0.25) is 14.4 Å². The van der Waals surface area contributed by atoms with Crippen molar-refractivity contribution in [2.24, 2.45) is 17.8 Å². The lowest BCUT2D eigenvalue weighted by Gasteiger charge is -2.40. The number of carbonyl (C=O) groups is 3.